The fourth-order valence-corrected chi connectivity index (χ4v) is 2.44. The van der Waals surface area contributed by atoms with E-state index >= 15 is 0 Å². The summed E-state index contributed by atoms with van der Waals surface area (Å²) in [6, 6.07) is 1.74. The molecule has 4 heteroatoms. The fraction of sp³-hybridized carbons (Fsp3) is 0.417. The summed E-state index contributed by atoms with van der Waals surface area (Å²) in [6.07, 6.45) is 0. The largest absolute Gasteiger partial charge is 0.465 e. The Kier molecular flexibility index (Phi) is 4.17. The number of methoxy groups -OCH3 is 1. The van der Waals surface area contributed by atoms with Gasteiger partial charge in [0.2, 0.25) is 0 Å². The van der Waals surface area contributed by atoms with E-state index in [0.717, 1.165) is 9.35 Å². The summed E-state index contributed by atoms with van der Waals surface area (Å²) in [5.74, 6) is 5.87. The summed E-state index contributed by atoms with van der Waals surface area (Å²) in [6.45, 7) is 6.13. The number of hydrogen-bond donors (Lipinski definition) is 0. The Morgan fingerprint density at radius 2 is 2.12 bits per heavy atom. The standard InChI is InChI=1S/C12H13BrO2S/c1-12(2,3)6-5-9-8(13)7-10(16-9)11(14)15-4/h7H,1-4H3. The Bertz CT molecular complexity index is 458. The average Bonchev–Trinajstić information content (AvgIpc) is 2.54. The van der Waals surface area contributed by atoms with E-state index in [2.05, 4.69) is 32.5 Å². The highest BCUT2D eigenvalue weighted by atomic mass is 79.9. The van der Waals surface area contributed by atoms with Crippen LogP contribution in [0, 0.1) is 17.3 Å². The summed E-state index contributed by atoms with van der Waals surface area (Å²) in [7, 11) is 1.37. The zero-order valence-corrected chi connectivity index (χ0v) is 12.1. The van der Waals surface area contributed by atoms with Crippen molar-refractivity contribution in [2.24, 2.45) is 5.41 Å². The van der Waals surface area contributed by atoms with E-state index in [0.29, 0.717) is 4.88 Å². The van der Waals surface area contributed by atoms with Crippen LogP contribution in [0.15, 0.2) is 10.5 Å². The Morgan fingerprint density at radius 1 is 1.50 bits per heavy atom. The maximum Gasteiger partial charge on any atom is 0.348 e. The zero-order chi connectivity index (χ0) is 12.3. The lowest BCUT2D eigenvalue weighted by Crippen LogP contribution is -1.99. The molecule has 0 saturated carbocycles. The SMILES string of the molecule is COC(=O)c1cc(Br)c(C#CC(C)(C)C)s1. The quantitative estimate of drug-likeness (QED) is 0.584. The van der Waals surface area contributed by atoms with Crippen molar-refractivity contribution in [1.29, 1.82) is 0 Å². The van der Waals surface area contributed by atoms with Crippen molar-refractivity contribution in [1.82, 2.24) is 0 Å². The molecule has 0 aliphatic heterocycles. The minimum atomic E-state index is -0.325. The molecule has 0 spiro atoms. The Morgan fingerprint density at radius 3 is 2.62 bits per heavy atom. The van der Waals surface area contributed by atoms with Gasteiger partial charge in [0, 0.05) is 9.89 Å². The van der Waals surface area contributed by atoms with E-state index < -0.39 is 0 Å². The molecule has 0 atom stereocenters. The average molecular weight is 301 g/mol. The molecule has 0 saturated heterocycles. The predicted octanol–water partition coefficient (Wildman–Crippen LogP) is 3.69. The minimum Gasteiger partial charge on any atom is -0.465 e. The molecule has 1 aromatic rings. The molecule has 1 rings (SSSR count). The van der Waals surface area contributed by atoms with E-state index in [1.165, 1.54) is 18.4 Å². The smallest absolute Gasteiger partial charge is 0.348 e. The highest BCUT2D eigenvalue weighted by molar-refractivity contribution is 9.10. The maximum absolute atomic E-state index is 11.3. The number of halogens is 1. The first kappa shape index (κ1) is 13.3. The molecule has 0 bridgehead atoms. The van der Waals surface area contributed by atoms with Gasteiger partial charge in [-0.2, -0.15) is 0 Å². The first-order chi connectivity index (χ1) is 7.33. The summed E-state index contributed by atoms with van der Waals surface area (Å²) in [5, 5.41) is 0. The lowest BCUT2D eigenvalue weighted by molar-refractivity contribution is 0.0606. The highest BCUT2D eigenvalue weighted by Crippen LogP contribution is 2.27. The third-order valence-corrected chi connectivity index (χ3v) is 3.54. The molecule has 0 N–H and O–H groups in total. The molecule has 0 aliphatic carbocycles. The van der Waals surface area contributed by atoms with Crippen molar-refractivity contribution in [3.8, 4) is 11.8 Å². The molecule has 0 fully saturated rings. The molecule has 0 aliphatic rings. The minimum absolute atomic E-state index is 0.0468. The van der Waals surface area contributed by atoms with Crippen LogP contribution >= 0.6 is 27.3 Å². The Labute approximate surface area is 108 Å². The van der Waals surface area contributed by atoms with E-state index in [1.807, 2.05) is 20.8 Å². The van der Waals surface area contributed by atoms with E-state index in [4.69, 9.17) is 0 Å². The van der Waals surface area contributed by atoms with Gasteiger partial charge in [0.05, 0.1) is 12.0 Å². The molecular formula is C12H13BrO2S. The number of esters is 1. The monoisotopic (exact) mass is 300 g/mol. The van der Waals surface area contributed by atoms with Gasteiger partial charge in [0.25, 0.3) is 0 Å². The van der Waals surface area contributed by atoms with Crippen LogP contribution in [0.2, 0.25) is 0 Å². The van der Waals surface area contributed by atoms with Crippen LogP contribution in [0.4, 0.5) is 0 Å². The summed E-state index contributed by atoms with van der Waals surface area (Å²) in [4.78, 5) is 12.7. The second-order valence-electron chi connectivity index (χ2n) is 4.28. The second kappa shape index (κ2) is 5.03. The van der Waals surface area contributed by atoms with Crippen molar-refractivity contribution in [2.75, 3.05) is 7.11 Å². The molecule has 0 aromatic carbocycles. The maximum atomic E-state index is 11.3. The van der Waals surface area contributed by atoms with E-state index in [-0.39, 0.29) is 11.4 Å². The zero-order valence-electron chi connectivity index (χ0n) is 9.68. The van der Waals surface area contributed by atoms with E-state index in [9.17, 15) is 4.79 Å². The van der Waals surface area contributed by atoms with Gasteiger partial charge in [0.15, 0.2) is 0 Å². The highest BCUT2D eigenvalue weighted by Gasteiger charge is 2.12. The van der Waals surface area contributed by atoms with Gasteiger partial charge in [0.1, 0.15) is 4.88 Å². The summed E-state index contributed by atoms with van der Waals surface area (Å²) < 4.78 is 5.49. The van der Waals surface area contributed by atoms with Crippen LogP contribution in [0.5, 0.6) is 0 Å². The van der Waals surface area contributed by atoms with Gasteiger partial charge in [-0.1, -0.05) is 11.8 Å². The molecule has 0 amide bonds. The van der Waals surface area contributed by atoms with Crippen LogP contribution in [0.1, 0.15) is 35.3 Å². The van der Waals surface area contributed by atoms with Crippen molar-refractivity contribution in [3.63, 3.8) is 0 Å². The van der Waals surface area contributed by atoms with Gasteiger partial charge in [-0.05, 0) is 42.8 Å². The third-order valence-electron chi connectivity index (χ3n) is 1.62. The van der Waals surface area contributed by atoms with Crippen molar-refractivity contribution in [3.05, 3.63) is 20.3 Å². The molecule has 1 heterocycles. The molecule has 2 nitrogen and oxygen atoms in total. The molecule has 0 radical (unpaired) electrons. The first-order valence-corrected chi connectivity index (χ1v) is 6.35. The van der Waals surface area contributed by atoms with E-state index in [1.54, 1.807) is 6.07 Å². The number of thiophene rings is 1. The Hall–Kier alpha value is -0.790. The van der Waals surface area contributed by atoms with Crippen molar-refractivity contribution < 1.29 is 9.53 Å². The first-order valence-electron chi connectivity index (χ1n) is 4.74. The predicted molar refractivity (Wildman–Crippen MR) is 69.7 cm³/mol. The molecule has 1 aromatic heterocycles. The van der Waals surface area contributed by atoms with Crippen LogP contribution in [0.3, 0.4) is 0 Å². The summed E-state index contributed by atoms with van der Waals surface area (Å²) >= 11 is 4.72. The second-order valence-corrected chi connectivity index (χ2v) is 6.19. The van der Waals surface area contributed by atoms with Gasteiger partial charge in [-0.15, -0.1) is 11.3 Å². The number of carbonyl (C=O) groups excluding carboxylic acids is 1. The van der Waals surface area contributed by atoms with Crippen LogP contribution < -0.4 is 0 Å². The number of hydrogen-bond acceptors (Lipinski definition) is 3. The summed E-state index contributed by atoms with van der Waals surface area (Å²) in [5.41, 5.74) is -0.0468. The lowest BCUT2D eigenvalue weighted by atomic mass is 9.98. The lowest BCUT2D eigenvalue weighted by Gasteiger charge is -2.06. The van der Waals surface area contributed by atoms with Gasteiger partial charge in [-0.25, -0.2) is 4.79 Å². The van der Waals surface area contributed by atoms with Gasteiger partial charge >= 0.3 is 5.97 Å². The normalized spacial score (nSPS) is 10.6. The number of carbonyl (C=O) groups is 1. The molecular weight excluding hydrogens is 288 g/mol. The van der Waals surface area contributed by atoms with Gasteiger partial charge < -0.3 is 4.74 Å². The van der Waals surface area contributed by atoms with Crippen LogP contribution in [0.25, 0.3) is 0 Å². The number of rotatable bonds is 1. The molecule has 16 heavy (non-hydrogen) atoms. The van der Waals surface area contributed by atoms with Gasteiger partial charge in [-0.3, -0.25) is 0 Å². The third kappa shape index (κ3) is 3.66. The van der Waals surface area contributed by atoms with Crippen molar-refractivity contribution >= 4 is 33.2 Å². The fourth-order valence-electron chi connectivity index (χ4n) is 0.899. The Balaban J connectivity index is 3.02. The van der Waals surface area contributed by atoms with Crippen molar-refractivity contribution in [2.45, 2.75) is 20.8 Å². The number of ether oxygens (including phenoxy) is 1. The van der Waals surface area contributed by atoms with Crippen LogP contribution in [-0.2, 0) is 4.74 Å². The molecule has 86 valence electrons. The topological polar surface area (TPSA) is 26.3 Å². The molecule has 0 unspecified atom stereocenters. The van der Waals surface area contributed by atoms with Crippen LogP contribution in [-0.4, -0.2) is 13.1 Å².